The molecule has 0 radical (unpaired) electrons. The molecular weight excluding hydrogens is 310 g/mol. The standard InChI is InChI=1S/C16H23N5O3/c1-10-14(23-12(3)17-10)8-20-6-13(7-20)21-4-5-22-15(9-21)16-18-11(2)19-24-16/h13,15H,4-9H2,1-3H3. The van der Waals surface area contributed by atoms with Crippen molar-refractivity contribution in [1.82, 2.24) is 24.9 Å². The molecule has 2 aliphatic heterocycles. The topological polar surface area (TPSA) is 80.7 Å². The summed E-state index contributed by atoms with van der Waals surface area (Å²) in [5.74, 6) is 2.96. The fourth-order valence-corrected chi connectivity index (χ4v) is 3.42. The molecule has 8 nitrogen and oxygen atoms in total. The van der Waals surface area contributed by atoms with Gasteiger partial charge in [-0.3, -0.25) is 9.80 Å². The van der Waals surface area contributed by atoms with Crippen LogP contribution in [0.1, 0.15) is 35.2 Å². The fraction of sp³-hybridized carbons (Fsp3) is 0.688. The van der Waals surface area contributed by atoms with Crippen LogP contribution in [0.4, 0.5) is 0 Å². The molecule has 0 bridgehead atoms. The van der Waals surface area contributed by atoms with Gasteiger partial charge in [0.05, 0.1) is 18.8 Å². The van der Waals surface area contributed by atoms with Crippen LogP contribution < -0.4 is 0 Å². The summed E-state index contributed by atoms with van der Waals surface area (Å²) in [5.41, 5.74) is 0.995. The first kappa shape index (κ1) is 15.7. The van der Waals surface area contributed by atoms with Crippen molar-refractivity contribution in [3.05, 3.63) is 29.1 Å². The van der Waals surface area contributed by atoms with Gasteiger partial charge in [0.1, 0.15) is 11.9 Å². The van der Waals surface area contributed by atoms with Crippen molar-refractivity contribution in [2.24, 2.45) is 0 Å². The van der Waals surface area contributed by atoms with Gasteiger partial charge in [0.2, 0.25) is 0 Å². The van der Waals surface area contributed by atoms with Gasteiger partial charge in [-0.1, -0.05) is 5.16 Å². The van der Waals surface area contributed by atoms with Crippen molar-refractivity contribution in [2.45, 2.75) is 39.5 Å². The maximum absolute atomic E-state index is 5.79. The largest absolute Gasteiger partial charge is 0.444 e. The molecule has 2 aromatic heterocycles. The van der Waals surface area contributed by atoms with Crippen LogP contribution >= 0.6 is 0 Å². The molecule has 4 heterocycles. The molecule has 4 rings (SSSR count). The molecule has 2 aromatic rings. The normalized spacial score (nSPS) is 23.5. The van der Waals surface area contributed by atoms with E-state index in [1.165, 1.54) is 0 Å². The molecule has 2 saturated heterocycles. The molecule has 1 unspecified atom stereocenters. The van der Waals surface area contributed by atoms with Crippen LogP contribution in [0.25, 0.3) is 0 Å². The Morgan fingerprint density at radius 1 is 1.12 bits per heavy atom. The molecule has 0 amide bonds. The number of nitrogens with zero attached hydrogens (tertiary/aromatic N) is 5. The highest BCUT2D eigenvalue weighted by atomic mass is 16.5. The number of likely N-dealkylation sites (tertiary alicyclic amines) is 1. The van der Waals surface area contributed by atoms with E-state index in [4.69, 9.17) is 13.7 Å². The van der Waals surface area contributed by atoms with Crippen molar-refractivity contribution < 1.29 is 13.7 Å². The van der Waals surface area contributed by atoms with Gasteiger partial charge < -0.3 is 13.7 Å². The average Bonchev–Trinajstić information content (AvgIpc) is 3.08. The summed E-state index contributed by atoms with van der Waals surface area (Å²) in [6, 6.07) is 0.546. The monoisotopic (exact) mass is 333 g/mol. The third-order valence-corrected chi connectivity index (χ3v) is 4.74. The lowest BCUT2D eigenvalue weighted by atomic mass is 10.1. The molecule has 0 N–H and O–H groups in total. The molecule has 130 valence electrons. The summed E-state index contributed by atoms with van der Waals surface area (Å²) in [6.07, 6.45) is -0.117. The van der Waals surface area contributed by atoms with Crippen LogP contribution in [0.5, 0.6) is 0 Å². The first-order chi connectivity index (χ1) is 11.6. The van der Waals surface area contributed by atoms with Crippen LogP contribution in [0.3, 0.4) is 0 Å². The Bertz CT molecular complexity index is 706. The zero-order valence-corrected chi connectivity index (χ0v) is 14.4. The van der Waals surface area contributed by atoms with Gasteiger partial charge in [-0.05, 0) is 13.8 Å². The van der Waals surface area contributed by atoms with Crippen molar-refractivity contribution in [1.29, 1.82) is 0 Å². The Balaban J connectivity index is 1.31. The van der Waals surface area contributed by atoms with Gasteiger partial charge >= 0.3 is 0 Å². The first-order valence-electron chi connectivity index (χ1n) is 8.39. The number of hydrogen-bond donors (Lipinski definition) is 0. The molecule has 8 heteroatoms. The van der Waals surface area contributed by atoms with Gasteiger partial charge in [-0.2, -0.15) is 4.98 Å². The number of rotatable bonds is 4. The molecule has 24 heavy (non-hydrogen) atoms. The second-order valence-corrected chi connectivity index (χ2v) is 6.62. The van der Waals surface area contributed by atoms with Gasteiger partial charge in [-0.25, -0.2) is 4.98 Å². The summed E-state index contributed by atoms with van der Waals surface area (Å²) in [4.78, 5) is 13.5. The minimum Gasteiger partial charge on any atom is -0.444 e. The SMILES string of the molecule is Cc1noc(C2CN(C3CN(Cc4oc(C)nc4C)C3)CCO2)n1. The van der Waals surface area contributed by atoms with Crippen LogP contribution in [0, 0.1) is 20.8 Å². The number of hydrogen-bond acceptors (Lipinski definition) is 8. The summed E-state index contributed by atoms with van der Waals surface area (Å²) in [7, 11) is 0. The number of oxazole rings is 1. The average molecular weight is 333 g/mol. The highest BCUT2D eigenvalue weighted by molar-refractivity contribution is 5.08. The highest BCUT2D eigenvalue weighted by Gasteiger charge is 2.37. The Morgan fingerprint density at radius 3 is 2.62 bits per heavy atom. The lowest BCUT2D eigenvalue weighted by molar-refractivity contribution is -0.0850. The Kier molecular flexibility index (Phi) is 4.11. The first-order valence-corrected chi connectivity index (χ1v) is 8.39. The van der Waals surface area contributed by atoms with Crippen LogP contribution in [-0.2, 0) is 11.3 Å². The Hall–Kier alpha value is -1.77. The van der Waals surface area contributed by atoms with Crippen LogP contribution in [-0.4, -0.2) is 63.8 Å². The molecule has 2 aliphatic rings. The number of ether oxygens (including phenoxy) is 1. The third kappa shape index (κ3) is 3.09. The molecule has 0 spiro atoms. The highest BCUT2D eigenvalue weighted by Crippen LogP contribution is 2.26. The number of morpholine rings is 1. The smallest absolute Gasteiger partial charge is 0.257 e. The predicted molar refractivity (Wildman–Crippen MR) is 84.3 cm³/mol. The van der Waals surface area contributed by atoms with E-state index in [1.54, 1.807) is 0 Å². The van der Waals surface area contributed by atoms with E-state index in [9.17, 15) is 0 Å². The second-order valence-electron chi connectivity index (χ2n) is 6.62. The van der Waals surface area contributed by atoms with E-state index in [-0.39, 0.29) is 6.10 Å². The van der Waals surface area contributed by atoms with Gasteiger partial charge in [0.15, 0.2) is 11.7 Å². The van der Waals surface area contributed by atoms with Gasteiger partial charge in [-0.15, -0.1) is 0 Å². The maximum atomic E-state index is 5.79. The van der Waals surface area contributed by atoms with E-state index in [0.29, 0.717) is 24.4 Å². The Labute approximate surface area is 140 Å². The number of aromatic nitrogens is 3. The quantitative estimate of drug-likeness (QED) is 0.827. The summed E-state index contributed by atoms with van der Waals surface area (Å²) in [6.45, 7) is 11.1. The molecule has 0 aromatic carbocycles. The second kappa shape index (κ2) is 6.27. The van der Waals surface area contributed by atoms with Crippen molar-refractivity contribution >= 4 is 0 Å². The van der Waals surface area contributed by atoms with Crippen molar-refractivity contribution in [3.63, 3.8) is 0 Å². The van der Waals surface area contributed by atoms with Crippen molar-refractivity contribution in [3.8, 4) is 0 Å². The molecule has 1 atom stereocenters. The summed E-state index contributed by atoms with van der Waals surface area (Å²) >= 11 is 0. The molecular formula is C16H23N5O3. The zero-order valence-electron chi connectivity index (χ0n) is 14.4. The van der Waals surface area contributed by atoms with Crippen LogP contribution in [0.15, 0.2) is 8.94 Å². The third-order valence-electron chi connectivity index (χ3n) is 4.74. The van der Waals surface area contributed by atoms with E-state index >= 15 is 0 Å². The van der Waals surface area contributed by atoms with E-state index in [1.807, 2.05) is 20.8 Å². The van der Waals surface area contributed by atoms with Crippen molar-refractivity contribution in [2.75, 3.05) is 32.8 Å². The number of aryl methyl sites for hydroxylation is 3. The Morgan fingerprint density at radius 2 is 1.96 bits per heavy atom. The van der Waals surface area contributed by atoms with E-state index < -0.39 is 0 Å². The molecule has 2 fully saturated rings. The molecule has 0 aliphatic carbocycles. The molecule has 0 saturated carbocycles. The van der Waals surface area contributed by atoms with E-state index in [2.05, 4.69) is 24.9 Å². The lowest BCUT2D eigenvalue weighted by Gasteiger charge is -2.47. The predicted octanol–water partition coefficient (Wildman–Crippen LogP) is 1.24. The van der Waals surface area contributed by atoms with Gasteiger partial charge in [0, 0.05) is 39.1 Å². The fourth-order valence-electron chi connectivity index (χ4n) is 3.42. The summed E-state index contributed by atoms with van der Waals surface area (Å²) in [5, 5.41) is 3.86. The van der Waals surface area contributed by atoms with Crippen LogP contribution in [0.2, 0.25) is 0 Å². The zero-order chi connectivity index (χ0) is 16.7. The summed E-state index contributed by atoms with van der Waals surface area (Å²) < 4.78 is 16.7. The van der Waals surface area contributed by atoms with E-state index in [0.717, 1.165) is 50.1 Å². The lowest BCUT2D eigenvalue weighted by Crippen LogP contribution is -2.61. The minimum atomic E-state index is -0.117. The minimum absolute atomic E-state index is 0.117. The maximum Gasteiger partial charge on any atom is 0.257 e. The van der Waals surface area contributed by atoms with Gasteiger partial charge in [0.25, 0.3) is 5.89 Å².